The number of allylic oxidation sites excluding steroid dienone is 4. The average Bonchev–Trinajstić information content (AvgIpc) is 2.92. The zero-order valence-corrected chi connectivity index (χ0v) is 11.3. The summed E-state index contributed by atoms with van der Waals surface area (Å²) < 4.78 is 0. The number of benzene rings is 1. The van der Waals surface area contributed by atoms with Crippen LogP contribution in [0.1, 0.15) is 5.69 Å². The van der Waals surface area contributed by atoms with E-state index >= 15 is 0 Å². The average molecular weight is 265 g/mol. The summed E-state index contributed by atoms with van der Waals surface area (Å²) >= 11 is 0. The highest BCUT2D eigenvalue weighted by Gasteiger charge is 2.01. The minimum Gasteiger partial charge on any atom is -0.399 e. The lowest BCUT2D eigenvalue weighted by Crippen LogP contribution is -1.94. The van der Waals surface area contributed by atoms with Crippen LogP contribution in [-0.4, -0.2) is 4.98 Å². The van der Waals surface area contributed by atoms with Crippen molar-refractivity contribution in [1.82, 2.24) is 4.98 Å². The molecule has 0 fully saturated rings. The van der Waals surface area contributed by atoms with E-state index in [0.717, 1.165) is 34.8 Å². The summed E-state index contributed by atoms with van der Waals surface area (Å²) in [6, 6.07) is 11.9. The molecule has 0 aliphatic heterocycles. The Morgan fingerprint density at radius 2 is 2.10 bits per heavy atom. The smallest absolute Gasteiger partial charge is 0.0456 e. The normalized spacial score (nSPS) is 11.9. The number of anilines is 1. The largest absolute Gasteiger partial charge is 0.399 e. The molecule has 0 radical (unpaired) electrons. The summed E-state index contributed by atoms with van der Waals surface area (Å²) in [5, 5.41) is 0. The van der Waals surface area contributed by atoms with Crippen molar-refractivity contribution in [2.24, 2.45) is 5.73 Å². The number of nitrogen functional groups attached to an aromatic ring is 1. The molecule has 0 unspecified atom stereocenters. The van der Waals surface area contributed by atoms with Gasteiger partial charge >= 0.3 is 0 Å². The van der Waals surface area contributed by atoms with Crippen LogP contribution in [0.25, 0.3) is 11.3 Å². The lowest BCUT2D eigenvalue weighted by molar-refractivity contribution is 1.14. The van der Waals surface area contributed by atoms with Gasteiger partial charge in [0.05, 0.1) is 0 Å². The third-order valence-corrected chi connectivity index (χ3v) is 2.93. The zero-order valence-electron chi connectivity index (χ0n) is 11.3. The summed E-state index contributed by atoms with van der Waals surface area (Å²) in [4.78, 5) is 3.37. The molecule has 2 rings (SSSR count). The van der Waals surface area contributed by atoms with Gasteiger partial charge in [-0.3, -0.25) is 0 Å². The quantitative estimate of drug-likeness (QED) is 0.573. The molecule has 102 valence electrons. The van der Waals surface area contributed by atoms with E-state index in [1.54, 1.807) is 6.08 Å². The highest BCUT2D eigenvalue weighted by atomic mass is 14.7. The fourth-order valence-electron chi connectivity index (χ4n) is 1.91. The molecular formula is C17H19N3. The lowest BCUT2D eigenvalue weighted by Gasteiger charge is -2.00. The van der Waals surface area contributed by atoms with Crippen molar-refractivity contribution in [3.8, 4) is 11.3 Å². The van der Waals surface area contributed by atoms with Gasteiger partial charge in [-0.1, -0.05) is 36.9 Å². The third-order valence-electron chi connectivity index (χ3n) is 2.93. The predicted octanol–water partition coefficient (Wildman–Crippen LogP) is 3.39. The van der Waals surface area contributed by atoms with Crippen LogP contribution in [0, 0.1) is 0 Å². The summed E-state index contributed by atoms with van der Waals surface area (Å²) in [5.74, 6) is 0. The highest BCUT2D eigenvalue weighted by Crippen LogP contribution is 2.21. The second-order valence-electron chi connectivity index (χ2n) is 4.53. The fourth-order valence-corrected chi connectivity index (χ4v) is 1.91. The van der Waals surface area contributed by atoms with Gasteiger partial charge in [0.15, 0.2) is 0 Å². The maximum absolute atomic E-state index is 5.84. The topological polar surface area (TPSA) is 67.8 Å². The summed E-state index contributed by atoms with van der Waals surface area (Å²) in [6.45, 7) is 3.61. The third kappa shape index (κ3) is 3.65. The molecule has 2 aromatic rings. The van der Waals surface area contributed by atoms with E-state index in [2.05, 4.69) is 17.6 Å². The van der Waals surface area contributed by atoms with Crippen LogP contribution in [0.15, 0.2) is 73.0 Å². The Morgan fingerprint density at radius 1 is 1.25 bits per heavy atom. The van der Waals surface area contributed by atoms with Crippen molar-refractivity contribution in [2.75, 3.05) is 5.73 Å². The van der Waals surface area contributed by atoms with Crippen molar-refractivity contribution in [3.05, 3.63) is 78.7 Å². The molecule has 0 aliphatic carbocycles. The van der Waals surface area contributed by atoms with E-state index in [4.69, 9.17) is 11.5 Å². The Kier molecular flexibility index (Phi) is 4.45. The first-order valence-corrected chi connectivity index (χ1v) is 6.47. The SMILES string of the molecule is C=C/C=C\C(N)=C/Cc1ccc(-c2cccc(N)c2)[nH]1. The maximum Gasteiger partial charge on any atom is 0.0456 e. The van der Waals surface area contributed by atoms with Crippen LogP contribution in [0.3, 0.4) is 0 Å². The van der Waals surface area contributed by atoms with Gasteiger partial charge in [-0.05, 0) is 35.9 Å². The number of rotatable bonds is 5. The minimum absolute atomic E-state index is 0.727. The number of aromatic amines is 1. The molecule has 0 saturated carbocycles. The van der Waals surface area contributed by atoms with Crippen LogP contribution in [0.5, 0.6) is 0 Å². The van der Waals surface area contributed by atoms with Gasteiger partial charge in [0.25, 0.3) is 0 Å². The van der Waals surface area contributed by atoms with Crippen LogP contribution >= 0.6 is 0 Å². The molecule has 0 aliphatic rings. The number of nitrogens with two attached hydrogens (primary N) is 2. The number of H-pyrrole nitrogens is 1. The van der Waals surface area contributed by atoms with Gasteiger partial charge in [-0.15, -0.1) is 0 Å². The molecule has 0 spiro atoms. The molecular weight excluding hydrogens is 246 g/mol. The molecule has 3 heteroatoms. The number of aromatic nitrogens is 1. The number of nitrogens with one attached hydrogen (secondary N) is 1. The maximum atomic E-state index is 5.84. The second kappa shape index (κ2) is 6.48. The second-order valence-corrected chi connectivity index (χ2v) is 4.53. The van der Waals surface area contributed by atoms with Gasteiger partial charge < -0.3 is 16.5 Å². The van der Waals surface area contributed by atoms with Crippen molar-refractivity contribution < 1.29 is 0 Å². The van der Waals surface area contributed by atoms with Gasteiger partial charge in [0.1, 0.15) is 0 Å². The highest BCUT2D eigenvalue weighted by molar-refractivity contribution is 5.64. The van der Waals surface area contributed by atoms with Gasteiger partial charge in [0.2, 0.25) is 0 Å². The Hall–Kier alpha value is -2.68. The molecule has 1 heterocycles. The van der Waals surface area contributed by atoms with E-state index in [0.29, 0.717) is 0 Å². The molecule has 0 bridgehead atoms. The predicted molar refractivity (Wildman–Crippen MR) is 86.0 cm³/mol. The Bertz CT molecular complexity index is 648. The standard InChI is InChI=1S/C17H19N3/c1-2-3-6-14(18)8-9-16-10-11-17(20-16)13-5-4-7-15(19)12-13/h2-8,10-12,20H,1,9,18-19H2/b6-3-,14-8+. The molecule has 0 atom stereocenters. The molecule has 20 heavy (non-hydrogen) atoms. The number of hydrogen-bond donors (Lipinski definition) is 3. The van der Waals surface area contributed by atoms with E-state index in [-0.39, 0.29) is 0 Å². The minimum atomic E-state index is 0.727. The molecule has 1 aromatic carbocycles. The Morgan fingerprint density at radius 3 is 2.85 bits per heavy atom. The monoisotopic (exact) mass is 265 g/mol. The first-order chi connectivity index (χ1) is 9.69. The van der Waals surface area contributed by atoms with E-state index < -0.39 is 0 Å². The van der Waals surface area contributed by atoms with Gasteiger partial charge in [0, 0.05) is 29.2 Å². The van der Waals surface area contributed by atoms with Crippen LogP contribution in [-0.2, 0) is 6.42 Å². The van der Waals surface area contributed by atoms with Crippen LogP contribution in [0.4, 0.5) is 5.69 Å². The molecule has 0 saturated heterocycles. The summed E-state index contributed by atoms with van der Waals surface area (Å²) in [6.07, 6.45) is 8.07. The van der Waals surface area contributed by atoms with Crippen molar-refractivity contribution in [1.29, 1.82) is 0 Å². The zero-order chi connectivity index (χ0) is 14.4. The van der Waals surface area contributed by atoms with E-state index in [9.17, 15) is 0 Å². The fraction of sp³-hybridized carbons (Fsp3) is 0.0588. The molecule has 1 aromatic heterocycles. The molecule has 3 nitrogen and oxygen atoms in total. The molecule has 5 N–H and O–H groups in total. The lowest BCUT2D eigenvalue weighted by atomic mass is 10.1. The summed E-state index contributed by atoms with van der Waals surface area (Å²) in [5.41, 5.74) is 16.4. The van der Waals surface area contributed by atoms with Crippen molar-refractivity contribution in [3.63, 3.8) is 0 Å². The van der Waals surface area contributed by atoms with Gasteiger partial charge in [-0.2, -0.15) is 0 Å². The number of hydrogen-bond acceptors (Lipinski definition) is 2. The van der Waals surface area contributed by atoms with Gasteiger partial charge in [-0.25, -0.2) is 0 Å². The van der Waals surface area contributed by atoms with E-state index in [1.807, 2.05) is 48.6 Å². The van der Waals surface area contributed by atoms with Crippen LogP contribution < -0.4 is 11.5 Å². The van der Waals surface area contributed by atoms with Crippen molar-refractivity contribution in [2.45, 2.75) is 6.42 Å². The molecule has 0 amide bonds. The Balaban J connectivity index is 2.10. The Labute approximate surface area is 119 Å². The van der Waals surface area contributed by atoms with E-state index in [1.165, 1.54) is 0 Å². The van der Waals surface area contributed by atoms with Crippen molar-refractivity contribution >= 4 is 5.69 Å². The summed E-state index contributed by atoms with van der Waals surface area (Å²) in [7, 11) is 0. The first-order valence-electron chi connectivity index (χ1n) is 6.47. The first kappa shape index (κ1) is 13.7. The van der Waals surface area contributed by atoms with Crippen LogP contribution in [0.2, 0.25) is 0 Å².